The zero-order valence-electron chi connectivity index (χ0n) is 11.1. The topological polar surface area (TPSA) is 70.3 Å². The highest BCUT2D eigenvalue weighted by Crippen LogP contribution is 2.39. The Hall–Kier alpha value is -2.06. The minimum absolute atomic E-state index is 0.146. The summed E-state index contributed by atoms with van der Waals surface area (Å²) in [4.78, 5) is 6.12. The van der Waals surface area contributed by atoms with E-state index in [0.29, 0.717) is 29.0 Å². The molecular weight excluding hydrogens is 295 g/mol. The molecule has 1 aromatic carbocycles. The Kier molecular flexibility index (Phi) is 4.07. The van der Waals surface area contributed by atoms with Crippen molar-refractivity contribution in [3.63, 3.8) is 0 Å². The monoisotopic (exact) mass is 308 g/mol. The summed E-state index contributed by atoms with van der Waals surface area (Å²) in [5.41, 5.74) is 0.511. The van der Waals surface area contributed by atoms with E-state index in [9.17, 15) is 9.50 Å². The molecule has 0 amide bonds. The van der Waals surface area contributed by atoms with Crippen molar-refractivity contribution in [1.82, 2.24) is 4.98 Å². The van der Waals surface area contributed by atoms with Gasteiger partial charge in [-0.05, 0) is 24.3 Å². The fourth-order valence-corrected chi connectivity index (χ4v) is 2.69. The molecule has 1 aliphatic heterocycles. The van der Waals surface area contributed by atoms with Gasteiger partial charge in [-0.2, -0.15) is 4.98 Å². The van der Waals surface area contributed by atoms with Gasteiger partial charge < -0.3 is 14.7 Å². The Balaban J connectivity index is 1.76. The van der Waals surface area contributed by atoms with Gasteiger partial charge in [0.1, 0.15) is 5.82 Å². The summed E-state index contributed by atoms with van der Waals surface area (Å²) in [5.74, 6) is -0.475. The number of hydrogen-bond acceptors (Lipinski definition) is 7. The van der Waals surface area contributed by atoms with Crippen molar-refractivity contribution in [3.8, 4) is 5.88 Å². The van der Waals surface area contributed by atoms with E-state index >= 15 is 0 Å². The minimum Gasteiger partial charge on any atom is -0.491 e. The maximum absolute atomic E-state index is 12.8. The van der Waals surface area contributed by atoms with Crippen LogP contribution >= 0.6 is 11.3 Å². The zero-order valence-corrected chi connectivity index (χ0v) is 11.9. The van der Waals surface area contributed by atoms with Crippen molar-refractivity contribution in [1.29, 1.82) is 0 Å². The van der Waals surface area contributed by atoms with Crippen molar-refractivity contribution in [2.45, 2.75) is 0 Å². The largest absolute Gasteiger partial charge is 0.491 e. The summed E-state index contributed by atoms with van der Waals surface area (Å²) in [7, 11) is 0. The number of rotatable bonds is 3. The number of benzene rings is 1. The third kappa shape index (κ3) is 3.34. The smallest absolute Gasteiger partial charge is 0.252 e. The molecule has 1 aliphatic rings. The average Bonchev–Trinajstić information content (AvgIpc) is 2.89. The number of thiazole rings is 1. The number of azo groups is 1. The van der Waals surface area contributed by atoms with E-state index in [4.69, 9.17) is 4.74 Å². The van der Waals surface area contributed by atoms with Gasteiger partial charge in [-0.25, -0.2) is 4.39 Å². The van der Waals surface area contributed by atoms with Gasteiger partial charge in [0.2, 0.25) is 5.00 Å². The Morgan fingerprint density at radius 1 is 1.19 bits per heavy atom. The fraction of sp³-hybridized carbons (Fsp3) is 0.308. The number of aromatic nitrogens is 1. The number of anilines is 1. The van der Waals surface area contributed by atoms with Crippen LogP contribution in [0, 0.1) is 5.82 Å². The predicted octanol–water partition coefficient (Wildman–Crippen LogP) is 3.24. The number of morpholine rings is 1. The highest BCUT2D eigenvalue weighted by molar-refractivity contribution is 7.19. The minimum atomic E-state index is -0.329. The van der Waals surface area contributed by atoms with E-state index in [-0.39, 0.29) is 11.7 Å². The molecule has 0 bridgehead atoms. The van der Waals surface area contributed by atoms with E-state index in [0.717, 1.165) is 13.1 Å². The van der Waals surface area contributed by atoms with Crippen LogP contribution in [0.4, 0.5) is 20.2 Å². The first-order valence-corrected chi connectivity index (χ1v) is 7.24. The molecular formula is C13H13FN4O2S. The first kappa shape index (κ1) is 13.9. The molecule has 8 heteroatoms. The number of nitrogens with zero attached hydrogens (tertiary/aromatic N) is 4. The van der Waals surface area contributed by atoms with Crippen LogP contribution in [-0.2, 0) is 4.74 Å². The summed E-state index contributed by atoms with van der Waals surface area (Å²) < 4.78 is 18.1. The van der Waals surface area contributed by atoms with E-state index in [2.05, 4.69) is 15.2 Å². The normalized spacial score (nSPS) is 15.8. The molecule has 2 aromatic rings. The first-order valence-electron chi connectivity index (χ1n) is 6.42. The molecule has 1 saturated heterocycles. The molecule has 2 heterocycles. The SMILES string of the molecule is Oc1nc(N2CCOCC2)sc1N=Nc1ccc(F)cc1. The van der Waals surface area contributed by atoms with Crippen LogP contribution < -0.4 is 4.90 Å². The van der Waals surface area contributed by atoms with Crippen LogP contribution in [0.15, 0.2) is 34.5 Å². The summed E-state index contributed by atoms with van der Waals surface area (Å²) in [6.45, 7) is 2.77. The molecule has 6 nitrogen and oxygen atoms in total. The van der Waals surface area contributed by atoms with Gasteiger partial charge >= 0.3 is 0 Å². The first-order chi connectivity index (χ1) is 10.2. The summed E-state index contributed by atoms with van der Waals surface area (Å²) in [5, 5.41) is 18.8. The maximum atomic E-state index is 12.8. The van der Waals surface area contributed by atoms with Gasteiger partial charge in [0.25, 0.3) is 5.88 Å². The van der Waals surface area contributed by atoms with Gasteiger partial charge in [0, 0.05) is 13.1 Å². The molecule has 1 fully saturated rings. The average molecular weight is 308 g/mol. The fourth-order valence-electron chi connectivity index (χ4n) is 1.86. The van der Waals surface area contributed by atoms with Gasteiger partial charge in [0.15, 0.2) is 5.13 Å². The van der Waals surface area contributed by atoms with Crippen molar-refractivity contribution in [2.24, 2.45) is 10.2 Å². The van der Waals surface area contributed by atoms with Crippen LogP contribution in [-0.4, -0.2) is 36.4 Å². The second-order valence-corrected chi connectivity index (χ2v) is 5.36. The molecule has 110 valence electrons. The third-order valence-electron chi connectivity index (χ3n) is 2.95. The molecule has 1 N–H and O–H groups in total. The van der Waals surface area contributed by atoms with Gasteiger partial charge in [0.05, 0.1) is 18.9 Å². The Morgan fingerprint density at radius 2 is 1.90 bits per heavy atom. The molecule has 0 spiro atoms. The lowest BCUT2D eigenvalue weighted by atomic mass is 10.3. The molecule has 0 aliphatic carbocycles. The molecule has 0 unspecified atom stereocenters. The summed E-state index contributed by atoms with van der Waals surface area (Å²) in [6.07, 6.45) is 0. The van der Waals surface area contributed by atoms with Crippen LogP contribution in [0.3, 0.4) is 0 Å². The predicted molar refractivity (Wildman–Crippen MR) is 77.4 cm³/mol. The Morgan fingerprint density at radius 3 is 2.62 bits per heavy atom. The molecule has 3 rings (SSSR count). The van der Waals surface area contributed by atoms with E-state index in [1.807, 2.05) is 4.90 Å². The van der Waals surface area contributed by atoms with Gasteiger partial charge in [-0.15, -0.1) is 10.2 Å². The molecule has 0 saturated carbocycles. The lowest BCUT2D eigenvalue weighted by Gasteiger charge is -2.25. The summed E-state index contributed by atoms with van der Waals surface area (Å²) >= 11 is 1.26. The highest BCUT2D eigenvalue weighted by atomic mass is 32.1. The molecule has 1 aromatic heterocycles. The molecule has 0 atom stereocenters. The lowest BCUT2D eigenvalue weighted by molar-refractivity contribution is 0.122. The van der Waals surface area contributed by atoms with Crippen LogP contribution in [0.2, 0.25) is 0 Å². The Bertz CT molecular complexity index is 638. The highest BCUT2D eigenvalue weighted by Gasteiger charge is 2.18. The Labute approximate surface area is 124 Å². The zero-order chi connectivity index (χ0) is 14.7. The van der Waals surface area contributed by atoms with Crippen molar-refractivity contribution < 1.29 is 14.2 Å². The van der Waals surface area contributed by atoms with Crippen molar-refractivity contribution in [3.05, 3.63) is 30.1 Å². The second-order valence-electron chi connectivity index (χ2n) is 4.40. The van der Waals surface area contributed by atoms with E-state index in [1.165, 1.54) is 35.6 Å². The van der Waals surface area contributed by atoms with Crippen LogP contribution in [0.25, 0.3) is 0 Å². The molecule has 0 radical (unpaired) electrons. The second kappa shape index (κ2) is 6.15. The lowest BCUT2D eigenvalue weighted by Crippen LogP contribution is -2.36. The van der Waals surface area contributed by atoms with E-state index in [1.54, 1.807) is 0 Å². The number of hydrogen-bond donors (Lipinski definition) is 1. The van der Waals surface area contributed by atoms with Crippen LogP contribution in [0.5, 0.6) is 5.88 Å². The van der Waals surface area contributed by atoms with E-state index < -0.39 is 0 Å². The number of halogens is 1. The maximum Gasteiger partial charge on any atom is 0.252 e. The molecule has 21 heavy (non-hydrogen) atoms. The standard InChI is InChI=1S/C13H13FN4O2S/c14-9-1-3-10(4-2-9)16-17-12-11(19)15-13(21-12)18-5-7-20-8-6-18/h1-4,19H,5-8H2. The van der Waals surface area contributed by atoms with Crippen LogP contribution in [0.1, 0.15) is 0 Å². The number of ether oxygens (including phenoxy) is 1. The third-order valence-corrected chi connectivity index (χ3v) is 3.93. The van der Waals surface area contributed by atoms with Gasteiger partial charge in [-0.1, -0.05) is 11.3 Å². The van der Waals surface area contributed by atoms with Crippen molar-refractivity contribution >= 4 is 27.2 Å². The van der Waals surface area contributed by atoms with Gasteiger partial charge in [-0.3, -0.25) is 0 Å². The summed E-state index contributed by atoms with van der Waals surface area (Å²) in [6, 6.07) is 5.64. The van der Waals surface area contributed by atoms with Crippen molar-refractivity contribution in [2.75, 3.05) is 31.2 Å². The number of aromatic hydroxyl groups is 1. The quantitative estimate of drug-likeness (QED) is 0.884.